The van der Waals surface area contributed by atoms with E-state index in [0.717, 1.165) is 5.56 Å². The van der Waals surface area contributed by atoms with Crippen molar-refractivity contribution >= 4 is 17.1 Å². The number of fused-ring (bicyclic) bond motifs is 1. The largest absolute Gasteiger partial charge is 0.324 e. The van der Waals surface area contributed by atoms with Crippen molar-refractivity contribution < 1.29 is 4.52 Å². The summed E-state index contributed by atoms with van der Waals surface area (Å²) in [6, 6.07) is 12.5. The van der Waals surface area contributed by atoms with Gasteiger partial charge >= 0.3 is 11.1 Å². The summed E-state index contributed by atoms with van der Waals surface area (Å²) in [5.74, 6) is 0.514. The van der Waals surface area contributed by atoms with Gasteiger partial charge in [-0.2, -0.15) is 0 Å². The maximum Gasteiger partial charge on any atom is 0.324 e. The van der Waals surface area contributed by atoms with Crippen LogP contribution in [0, 0.1) is 0 Å². The smallest absolute Gasteiger partial charge is 0.296 e. The Morgan fingerprint density at radius 3 is 2.67 bits per heavy atom. The topological polar surface area (TPSA) is 49.9 Å². The van der Waals surface area contributed by atoms with Crippen LogP contribution in [0.1, 0.15) is 0 Å². The zero-order chi connectivity index (χ0) is 12.5. The molecule has 1 N–H and O–H groups in total. The molecule has 0 saturated carbocycles. The second-order valence-electron chi connectivity index (χ2n) is 3.84. The summed E-state index contributed by atoms with van der Waals surface area (Å²) >= 11 is 5.83. The number of H-pyrrole nitrogens is 1. The van der Waals surface area contributed by atoms with Gasteiger partial charge in [0.1, 0.15) is 0 Å². The molecule has 0 spiro atoms. The Labute approximate surface area is 107 Å². The van der Waals surface area contributed by atoms with Crippen LogP contribution in [0.2, 0.25) is 5.02 Å². The van der Waals surface area contributed by atoms with Crippen molar-refractivity contribution in [1.29, 1.82) is 0 Å². The third-order valence-corrected chi connectivity index (χ3v) is 2.88. The van der Waals surface area contributed by atoms with Gasteiger partial charge in [0.05, 0.1) is 0 Å². The molecule has 0 radical (unpaired) electrons. The molecule has 4 nitrogen and oxygen atoms in total. The first-order chi connectivity index (χ1) is 8.74. The van der Waals surface area contributed by atoms with Crippen LogP contribution in [0.4, 0.5) is 0 Å². The van der Waals surface area contributed by atoms with Crippen molar-refractivity contribution in [3.8, 4) is 11.4 Å². The van der Waals surface area contributed by atoms with Gasteiger partial charge in [-0.15, -0.1) is 0 Å². The van der Waals surface area contributed by atoms with E-state index in [1.165, 1.54) is 0 Å². The monoisotopic (exact) mass is 258 g/mol. The number of hydrogen-bond donors (Lipinski definition) is 1. The molecule has 88 valence electrons. The van der Waals surface area contributed by atoms with E-state index in [1.54, 1.807) is 35.0 Å². The predicted molar refractivity (Wildman–Crippen MR) is 68.5 cm³/mol. The summed E-state index contributed by atoms with van der Waals surface area (Å²) in [5.41, 5.74) is 1.15. The first-order valence-electron chi connectivity index (χ1n) is 5.41. The third-order valence-electron chi connectivity index (χ3n) is 2.63. The van der Waals surface area contributed by atoms with Crippen molar-refractivity contribution in [2.45, 2.75) is 0 Å². The first kappa shape index (κ1) is 10.9. The normalized spacial score (nSPS) is 10.7. The van der Waals surface area contributed by atoms with Crippen LogP contribution in [0.25, 0.3) is 16.9 Å². The van der Waals surface area contributed by atoms with Crippen molar-refractivity contribution in [2.24, 2.45) is 0 Å². The summed E-state index contributed by atoms with van der Waals surface area (Å²) in [5, 5.41) is 5.00. The fourth-order valence-corrected chi connectivity index (χ4v) is 1.87. The minimum Gasteiger partial charge on any atom is -0.296 e. The molecule has 0 bridgehead atoms. The van der Waals surface area contributed by atoms with Crippen LogP contribution in [0.3, 0.4) is 0 Å². The van der Waals surface area contributed by atoms with E-state index in [1.807, 2.05) is 18.2 Å². The van der Waals surface area contributed by atoms with Gasteiger partial charge in [0.25, 0.3) is 0 Å². The maximum absolute atomic E-state index is 11.9. The number of nitrogens with one attached hydrogen (secondary N) is 1. The highest BCUT2D eigenvalue weighted by atomic mass is 35.5. The quantitative estimate of drug-likeness (QED) is 0.677. The number of benzene rings is 1. The number of halogens is 1. The molecule has 3 aromatic rings. The van der Waals surface area contributed by atoms with Crippen molar-refractivity contribution in [2.75, 3.05) is 0 Å². The SMILES string of the molecule is O=c1[nH]c(-c2ccc(Cl)cc2)n[n+]2ccccc12. The fourth-order valence-electron chi connectivity index (χ4n) is 1.74. The van der Waals surface area contributed by atoms with Crippen LogP contribution < -0.4 is 10.1 Å². The first-order valence-corrected chi connectivity index (χ1v) is 5.79. The molecule has 0 amide bonds. The lowest BCUT2D eigenvalue weighted by molar-refractivity contribution is -0.581. The average Bonchev–Trinajstić information content (AvgIpc) is 2.39. The summed E-state index contributed by atoms with van der Waals surface area (Å²) in [4.78, 5) is 14.7. The Balaban J connectivity index is 2.24. The van der Waals surface area contributed by atoms with Crippen LogP contribution >= 0.6 is 11.6 Å². The highest BCUT2D eigenvalue weighted by Crippen LogP contribution is 2.16. The summed E-state index contributed by atoms with van der Waals surface area (Å²) in [7, 11) is 0. The van der Waals surface area contributed by atoms with Gasteiger partial charge in [0.2, 0.25) is 12.0 Å². The molecule has 0 unspecified atom stereocenters. The summed E-state index contributed by atoms with van der Waals surface area (Å²) in [6.45, 7) is 0. The van der Waals surface area contributed by atoms with Crippen LogP contribution in [-0.2, 0) is 0 Å². The maximum atomic E-state index is 11.9. The fraction of sp³-hybridized carbons (Fsp3) is 0. The molecule has 2 aromatic heterocycles. The van der Waals surface area contributed by atoms with Crippen LogP contribution in [0.15, 0.2) is 53.5 Å². The molecule has 0 atom stereocenters. The summed E-state index contributed by atoms with van der Waals surface area (Å²) in [6.07, 6.45) is 1.74. The highest BCUT2D eigenvalue weighted by Gasteiger charge is 2.11. The van der Waals surface area contributed by atoms with Crippen molar-refractivity contribution in [3.63, 3.8) is 0 Å². The molecule has 18 heavy (non-hydrogen) atoms. The molecule has 0 saturated heterocycles. The number of hydrogen-bond acceptors (Lipinski definition) is 2. The van der Waals surface area contributed by atoms with Crippen molar-refractivity contribution in [1.82, 2.24) is 10.1 Å². The molecule has 1 aromatic carbocycles. The second-order valence-corrected chi connectivity index (χ2v) is 4.28. The van der Waals surface area contributed by atoms with E-state index in [4.69, 9.17) is 11.6 Å². The lowest BCUT2D eigenvalue weighted by atomic mass is 10.2. The third kappa shape index (κ3) is 1.87. The lowest BCUT2D eigenvalue weighted by Gasteiger charge is -1.98. The van der Waals surface area contributed by atoms with E-state index >= 15 is 0 Å². The number of rotatable bonds is 1. The Morgan fingerprint density at radius 1 is 1.11 bits per heavy atom. The van der Waals surface area contributed by atoms with Crippen LogP contribution in [0.5, 0.6) is 0 Å². The number of pyridine rings is 1. The predicted octanol–water partition coefficient (Wildman–Crippen LogP) is 1.83. The highest BCUT2D eigenvalue weighted by molar-refractivity contribution is 6.30. The molecular formula is C13H9ClN3O+. The van der Waals surface area contributed by atoms with Crippen molar-refractivity contribution in [3.05, 3.63) is 64.0 Å². The lowest BCUT2D eigenvalue weighted by Crippen LogP contribution is -2.34. The zero-order valence-corrected chi connectivity index (χ0v) is 10.1. The van der Waals surface area contributed by atoms with Gasteiger partial charge in [-0.25, -0.2) is 0 Å². The van der Waals surface area contributed by atoms with Gasteiger partial charge < -0.3 is 0 Å². The number of aromatic amines is 1. The Morgan fingerprint density at radius 2 is 1.89 bits per heavy atom. The van der Waals surface area contributed by atoms with Gasteiger partial charge in [0, 0.05) is 27.8 Å². The minimum atomic E-state index is -0.171. The van der Waals surface area contributed by atoms with E-state index in [9.17, 15) is 4.79 Å². The van der Waals surface area contributed by atoms with E-state index in [-0.39, 0.29) is 5.56 Å². The zero-order valence-electron chi connectivity index (χ0n) is 9.30. The van der Waals surface area contributed by atoms with E-state index in [0.29, 0.717) is 16.4 Å². The number of aromatic nitrogens is 3. The molecule has 2 heterocycles. The second kappa shape index (κ2) is 4.23. The molecule has 0 fully saturated rings. The van der Waals surface area contributed by atoms with E-state index < -0.39 is 0 Å². The minimum absolute atomic E-state index is 0.171. The average molecular weight is 259 g/mol. The van der Waals surface area contributed by atoms with Gasteiger partial charge in [-0.05, 0) is 34.8 Å². The molecular weight excluding hydrogens is 250 g/mol. The molecule has 5 heteroatoms. The summed E-state index contributed by atoms with van der Waals surface area (Å²) < 4.78 is 1.56. The van der Waals surface area contributed by atoms with Gasteiger partial charge in [-0.1, -0.05) is 11.6 Å². The molecule has 0 aliphatic carbocycles. The number of nitrogens with zero attached hydrogens (tertiary/aromatic N) is 2. The van der Waals surface area contributed by atoms with Gasteiger partial charge in [-0.3, -0.25) is 9.78 Å². The Kier molecular flexibility index (Phi) is 2.57. The molecule has 0 aliphatic rings. The van der Waals surface area contributed by atoms with E-state index in [2.05, 4.69) is 10.1 Å². The Bertz CT molecular complexity index is 765. The Hall–Kier alpha value is -2.20. The standard InChI is InChI=1S/C13H8ClN3O/c14-10-6-4-9(5-7-10)12-15-13(18)11-3-1-2-8-17(11)16-12/h1-8H/p+1. The molecule has 0 aliphatic heterocycles. The van der Waals surface area contributed by atoms with Crippen LogP contribution in [-0.4, -0.2) is 10.1 Å². The molecule has 3 rings (SSSR count). The van der Waals surface area contributed by atoms with Gasteiger partial charge in [0.15, 0.2) is 0 Å².